The van der Waals surface area contributed by atoms with Gasteiger partial charge in [0.1, 0.15) is 0 Å². The van der Waals surface area contributed by atoms with Crippen molar-refractivity contribution in [3.8, 4) is 0 Å². The molecule has 1 saturated carbocycles. The van der Waals surface area contributed by atoms with Gasteiger partial charge in [0.05, 0.1) is 11.8 Å². The SMILES string of the molecule is CC(C)S(=O)(=O)N(C)CC(=O)NC1CC1. The summed E-state index contributed by atoms with van der Waals surface area (Å²) < 4.78 is 24.3. The maximum Gasteiger partial charge on any atom is 0.235 e. The van der Waals surface area contributed by atoms with Gasteiger partial charge in [0, 0.05) is 13.1 Å². The maximum atomic E-state index is 11.6. The van der Waals surface area contributed by atoms with Crippen LogP contribution in [0.25, 0.3) is 0 Å². The van der Waals surface area contributed by atoms with Crippen LogP contribution in [0, 0.1) is 0 Å². The maximum absolute atomic E-state index is 11.6. The highest BCUT2D eigenvalue weighted by Crippen LogP contribution is 2.18. The molecule has 15 heavy (non-hydrogen) atoms. The number of hydrogen-bond donors (Lipinski definition) is 1. The van der Waals surface area contributed by atoms with E-state index in [1.54, 1.807) is 13.8 Å². The standard InChI is InChI=1S/C9H18N2O3S/c1-7(2)15(13,14)11(3)6-9(12)10-8-4-5-8/h7-8H,4-6H2,1-3H3,(H,10,12). The van der Waals surface area contributed by atoms with Gasteiger partial charge < -0.3 is 5.32 Å². The Labute approximate surface area is 90.9 Å². The molecule has 0 bridgehead atoms. The Hall–Kier alpha value is -0.620. The Balaban J connectivity index is 2.46. The lowest BCUT2D eigenvalue weighted by Gasteiger charge is -2.18. The minimum atomic E-state index is -3.31. The molecule has 1 rings (SSSR count). The topological polar surface area (TPSA) is 66.5 Å². The molecule has 1 aliphatic carbocycles. The number of hydrogen-bond acceptors (Lipinski definition) is 3. The third-order valence-corrected chi connectivity index (χ3v) is 4.53. The van der Waals surface area contributed by atoms with Gasteiger partial charge in [0.2, 0.25) is 15.9 Å². The second-order valence-electron chi connectivity index (χ2n) is 4.19. The molecule has 88 valence electrons. The van der Waals surface area contributed by atoms with Gasteiger partial charge in [-0.2, -0.15) is 4.31 Å². The lowest BCUT2D eigenvalue weighted by Crippen LogP contribution is -2.41. The molecule has 5 nitrogen and oxygen atoms in total. The highest BCUT2D eigenvalue weighted by Gasteiger charge is 2.27. The van der Waals surface area contributed by atoms with E-state index in [-0.39, 0.29) is 18.5 Å². The molecule has 0 unspecified atom stereocenters. The van der Waals surface area contributed by atoms with Gasteiger partial charge in [0.15, 0.2) is 0 Å². The van der Waals surface area contributed by atoms with Gasteiger partial charge >= 0.3 is 0 Å². The van der Waals surface area contributed by atoms with Gasteiger partial charge in [-0.1, -0.05) is 0 Å². The predicted molar refractivity (Wildman–Crippen MR) is 57.9 cm³/mol. The summed E-state index contributed by atoms with van der Waals surface area (Å²) >= 11 is 0. The van der Waals surface area contributed by atoms with Crippen molar-refractivity contribution in [2.24, 2.45) is 0 Å². The van der Waals surface area contributed by atoms with Crippen molar-refractivity contribution in [1.29, 1.82) is 0 Å². The van der Waals surface area contributed by atoms with Crippen LogP contribution in [0.5, 0.6) is 0 Å². The average Bonchev–Trinajstić information content (AvgIpc) is 2.87. The zero-order valence-electron chi connectivity index (χ0n) is 9.36. The van der Waals surface area contributed by atoms with E-state index >= 15 is 0 Å². The summed E-state index contributed by atoms with van der Waals surface area (Å²) in [7, 11) is -1.88. The molecule has 1 N–H and O–H groups in total. The fraction of sp³-hybridized carbons (Fsp3) is 0.889. The molecule has 0 aromatic heterocycles. The zero-order chi connectivity index (χ0) is 11.6. The van der Waals surface area contributed by atoms with Crippen LogP contribution < -0.4 is 5.32 Å². The third-order valence-electron chi connectivity index (χ3n) is 2.34. The lowest BCUT2D eigenvalue weighted by atomic mass is 10.5. The van der Waals surface area contributed by atoms with Crippen molar-refractivity contribution in [3.05, 3.63) is 0 Å². The lowest BCUT2D eigenvalue weighted by molar-refractivity contribution is -0.121. The second kappa shape index (κ2) is 4.49. The fourth-order valence-electron chi connectivity index (χ4n) is 1.15. The minimum absolute atomic E-state index is 0.0863. The number of rotatable bonds is 5. The van der Waals surface area contributed by atoms with Crippen molar-refractivity contribution in [2.45, 2.75) is 38.0 Å². The van der Waals surface area contributed by atoms with Crippen LogP contribution in [0.1, 0.15) is 26.7 Å². The summed E-state index contributed by atoms with van der Waals surface area (Å²) in [6.45, 7) is 3.12. The first kappa shape index (κ1) is 12.4. The summed E-state index contributed by atoms with van der Waals surface area (Å²) in [5.74, 6) is -0.218. The highest BCUT2D eigenvalue weighted by molar-refractivity contribution is 7.89. The monoisotopic (exact) mass is 234 g/mol. The van der Waals surface area contributed by atoms with Crippen LogP contribution >= 0.6 is 0 Å². The third kappa shape index (κ3) is 3.46. The summed E-state index contributed by atoms with van der Waals surface area (Å²) in [4.78, 5) is 11.4. The van der Waals surface area contributed by atoms with Crippen LogP contribution in [-0.4, -0.2) is 43.5 Å². The van der Waals surface area contributed by atoms with Crippen LogP contribution in [0.2, 0.25) is 0 Å². The molecule has 0 aromatic carbocycles. The van der Waals surface area contributed by atoms with E-state index in [1.165, 1.54) is 7.05 Å². The van der Waals surface area contributed by atoms with Crippen LogP contribution in [0.4, 0.5) is 0 Å². The van der Waals surface area contributed by atoms with Crippen molar-refractivity contribution < 1.29 is 13.2 Å². The van der Waals surface area contributed by atoms with E-state index in [0.29, 0.717) is 0 Å². The van der Waals surface area contributed by atoms with Gasteiger partial charge in [-0.25, -0.2) is 8.42 Å². The van der Waals surface area contributed by atoms with E-state index < -0.39 is 15.3 Å². The average molecular weight is 234 g/mol. The number of carbonyl (C=O) groups excluding carboxylic acids is 1. The van der Waals surface area contributed by atoms with Gasteiger partial charge in [-0.15, -0.1) is 0 Å². The normalized spacial score (nSPS) is 17.1. The first-order chi connectivity index (χ1) is 6.84. The number of likely N-dealkylation sites (N-methyl/N-ethyl adjacent to an activating group) is 1. The Morgan fingerprint density at radius 1 is 1.47 bits per heavy atom. The molecule has 1 aliphatic rings. The van der Waals surface area contributed by atoms with E-state index in [1.807, 2.05) is 0 Å². The summed E-state index contributed by atoms with van der Waals surface area (Å²) in [6, 6.07) is 0.271. The predicted octanol–water partition coefficient (Wildman–Crippen LogP) is -0.0650. The first-order valence-electron chi connectivity index (χ1n) is 5.08. The van der Waals surface area contributed by atoms with Crippen molar-refractivity contribution >= 4 is 15.9 Å². The van der Waals surface area contributed by atoms with Crippen molar-refractivity contribution in [1.82, 2.24) is 9.62 Å². The molecular formula is C9H18N2O3S. The van der Waals surface area contributed by atoms with E-state index in [4.69, 9.17) is 0 Å². The number of carbonyl (C=O) groups is 1. The van der Waals surface area contributed by atoms with Crippen LogP contribution in [0.3, 0.4) is 0 Å². The number of nitrogens with one attached hydrogen (secondary N) is 1. The summed E-state index contributed by atoms with van der Waals surface area (Å²) in [5, 5.41) is 2.26. The Kier molecular flexibility index (Phi) is 3.72. The molecule has 0 aliphatic heterocycles. The van der Waals surface area contributed by atoms with Gasteiger partial charge in [-0.3, -0.25) is 4.79 Å². The van der Waals surface area contributed by atoms with Crippen LogP contribution in [-0.2, 0) is 14.8 Å². The fourth-order valence-corrected chi connectivity index (χ4v) is 2.17. The van der Waals surface area contributed by atoms with Crippen molar-refractivity contribution in [2.75, 3.05) is 13.6 Å². The molecule has 6 heteroatoms. The quantitative estimate of drug-likeness (QED) is 0.724. The first-order valence-corrected chi connectivity index (χ1v) is 6.59. The highest BCUT2D eigenvalue weighted by atomic mass is 32.2. The van der Waals surface area contributed by atoms with Gasteiger partial charge in [0.25, 0.3) is 0 Å². The molecule has 0 heterocycles. The Morgan fingerprint density at radius 2 is 2.00 bits per heavy atom. The van der Waals surface area contributed by atoms with Crippen LogP contribution in [0.15, 0.2) is 0 Å². The van der Waals surface area contributed by atoms with E-state index in [9.17, 15) is 13.2 Å². The zero-order valence-corrected chi connectivity index (χ0v) is 10.2. The molecule has 0 aromatic rings. The molecule has 0 saturated heterocycles. The number of amides is 1. The van der Waals surface area contributed by atoms with E-state index in [0.717, 1.165) is 17.1 Å². The van der Waals surface area contributed by atoms with Gasteiger partial charge in [-0.05, 0) is 26.7 Å². The molecule has 1 amide bonds. The smallest absolute Gasteiger partial charge is 0.235 e. The van der Waals surface area contributed by atoms with Crippen molar-refractivity contribution in [3.63, 3.8) is 0 Å². The Bertz CT molecular complexity index is 333. The minimum Gasteiger partial charge on any atom is -0.352 e. The molecule has 0 radical (unpaired) electrons. The molecule has 1 fully saturated rings. The second-order valence-corrected chi connectivity index (χ2v) is 6.79. The molecular weight excluding hydrogens is 216 g/mol. The molecule has 0 spiro atoms. The van der Waals surface area contributed by atoms with E-state index in [2.05, 4.69) is 5.32 Å². The summed E-state index contributed by atoms with van der Waals surface area (Å²) in [6.07, 6.45) is 2.01. The largest absolute Gasteiger partial charge is 0.352 e. The number of sulfonamides is 1. The Morgan fingerprint density at radius 3 is 2.40 bits per heavy atom. The number of nitrogens with zero attached hydrogens (tertiary/aromatic N) is 1. The molecule has 0 atom stereocenters. The summed E-state index contributed by atoms with van der Waals surface area (Å²) in [5.41, 5.74) is 0.